The maximum Gasteiger partial charge on any atom is 0.240 e. The number of para-hydroxylation sites is 1. The van der Waals surface area contributed by atoms with Crippen molar-refractivity contribution >= 4 is 35.0 Å². The molecule has 2 fully saturated rings. The Hall–Kier alpha value is -2.14. The average molecular weight is 317 g/mol. The Kier molecular flexibility index (Phi) is 2.72. The number of rotatable bonds is 1. The van der Waals surface area contributed by atoms with E-state index in [0.717, 1.165) is 0 Å². The van der Waals surface area contributed by atoms with Crippen molar-refractivity contribution in [1.29, 1.82) is 0 Å². The van der Waals surface area contributed by atoms with Crippen molar-refractivity contribution in [2.75, 3.05) is 11.9 Å². The van der Waals surface area contributed by atoms with Gasteiger partial charge < -0.3 is 4.90 Å². The number of piperidine rings is 1. The van der Waals surface area contributed by atoms with Gasteiger partial charge >= 0.3 is 0 Å². The van der Waals surface area contributed by atoms with Crippen LogP contribution in [0.2, 0.25) is 0 Å². The Morgan fingerprint density at radius 2 is 1.59 bits per heavy atom. The number of hydrogen-bond acceptors (Lipinski definition) is 3. The largest absolute Gasteiger partial charge is 0.336 e. The van der Waals surface area contributed by atoms with Crippen molar-refractivity contribution in [3.8, 4) is 0 Å². The average Bonchev–Trinajstić information content (AvgIpc) is 2.77. The van der Waals surface area contributed by atoms with E-state index in [4.69, 9.17) is 11.6 Å². The highest BCUT2D eigenvalue weighted by atomic mass is 35.5. The van der Waals surface area contributed by atoms with Gasteiger partial charge in [-0.15, -0.1) is 0 Å². The zero-order valence-electron chi connectivity index (χ0n) is 11.8. The molecule has 1 aromatic rings. The summed E-state index contributed by atoms with van der Waals surface area (Å²) in [7, 11) is 1.63. The molecule has 0 saturated carbocycles. The Bertz CT molecular complexity index is 730. The lowest BCUT2D eigenvalue weighted by Crippen LogP contribution is -2.59. The molecule has 0 aromatic heterocycles. The van der Waals surface area contributed by atoms with Crippen molar-refractivity contribution < 1.29 is 14.4 Å². The smallest absolute Gasteiger partial charge is 0.240 e. The van der Waals surface area contributed by atoms with E-state index in [-0.39, 0.29) is 17.7 Å². The van der Waals surface area contributed by atoms with Gasteiger partial charge in [-0.2, -0.15) is 0 Å². The number of fused-ring (bicyclic) bond motifs is 1. The molecule has 0 unspecified atom stereocenters. The number of anilines is 1. The van der Waals surface area contributed by atoms with Crippen LogP contribution in [0.4, 0.5) is 5.69 Å². The summed E-state index contributed by atoms with van der Waals surface area (Å²) < 4.78 is 0. The maximum atomic E-state index is 12.8. The van der Waals surface area contributed by atoms with Crippen LogP contribution < -0.4 is 4.90 Å². The van der Waals surface area contributed by atoms with Crippen LogP contribution in [0.3, 0.4) is 0 Å². The normalized spacial score (nSPS) is 33.4. The molecule has 2 bridgehead atoms. The number of amides is 3. The molecule has 3 amide bonds. The topological polar surface area (TPSA) is 57.7 Å². The number of nitrogens with zero attached hydrogens (tertiary/aromatic N) is 2. The Morgan fingerprint density at radius 3 is 2.27 bits per heavy atom. The molecule has 4 atom stereocenters. The van der Waals surface area contributed by atoms with Gasteiger partial charge in [0.05, 0.1) is 29.5 Å². The van der Waals surface area contributed by atoms with E-state index in [2.05, 4.69) is 0 Å². The van der Waals surface area contributed by atoms with E-state index in [0.29, 0.717) is 10.7 Å². The fourth-order valence-electron chi connectivity index (χ4n) is 3.82. The van der Waals surface area contributed by atoms with Gasteiger partial charge in [0.1, 0.15) is 0 Å². The number of carbonyl (C=O) groups is 3. The molecular formula is C16H13ClN2O3. The third-order valence-corrected chi connectivity index (χ3v) is 5.16. The number of halogens is 1. The summed E-state index contributed by atoms with van der Waals surface area (Å²) in [6, 6.07) is 8.27. The van der Waals surface area contributed by atoms with Gasteiger partial charge in [0.2, 0.25) is 17.7 Å². The lowest BCUT2D eigenvalue weighted by atomic mass is 9.70. The molecule has 1 aliphatic carbocycles. The van der Waals surface area contributed by atoms with Gasteiger partial charge in [-0.05, 0) is 12.1 Å². The van der Waals surface area contributed by atoms with Crippen LogP contribution in [-0.2, 0) is 14.4 Å². The van der Waals surface area contributed by atoms with E-state index in [1.165, 1.54) is 9.80 Å². The Labute approximate surface area is 132 Å². The molecule has 4 aliphatic rings. The first-order valence-corrected chi connectivity index (χ1v) is 7.47. The zero-order valence-corrected chi connectivity index (χ0v) is 12.5. The second kappa shape index (κ2) is 4.43. The van der Waals surface area contributed by atoms with E-state index >= 15 is 0 Å². The Morgan fingerprint density at radius 1 is 0.955 bits per heavy atom. The van der Waals surface area contributed by atoms with Gasteiger partial charge in [0.25, 0.3) is 0 Å². The lowest BCUT2D eigenvalue weighted by Gasteiger charge is -2.45. The first-order chi connectivity index (χ1) is 10.5. The fraction of sp³-hybridized carbons (Fsp3) is 0.312. The molecule has 0 radical (unpaired) electrons. The molecule has 112 valence electrons. The monoisotopic (exact) mass is 316 g/mol. The van der Waals surface area contributed by atoms with Gasteiger partial charge in [-0.1, -0.05) is 35.9 Å². The molecule has 3 heterocycles. The van der Waals surface area contributed by atoms with Crippen LogP contribution in [-0.4, -0.2) is 35.7 Å². The zero-order chi connectivity index (χ0) is 15.6. The highest BCUT2D eigenvalue weighted by Crippen LogP contribution is 2.49. The summed E-state index contributed by atoms with van der Waals surface area (Å²) in [4.78, 5) is 40.6. The van der Waals surface area contributed by atoms with Crippen molar-refractivity contribution in [1.82, 2.24) is 4.90 Å². The predicted octanol–water partition coefficient (Wildman–Crippen LogP) is 1.39. The quantitative estimate of drug-likeness (QED) is 0.736. The Balaban J connectivity index is 1.82. The third-order valence-electron chi connectivity index (χ3n) is 4.81. The molecule has 6 heteroatoms. The minimum atomic E-state index is -0.641. The van der Waals surface area contributed by atoms with Crippen molar-refractivity contribution in [2.45, 2.75) is 6.04 Å². The van der Waals surface area contributed by atoms with E-state index < -0.39 is 23.8 Å². The number of carbonyl (C=O) groups excluding carboxylic acids is 3. The van der Waals surface area contributed by atoms with Crippen molar-refractivity contribution in [3.05, 3.63) is 41.4 Å². The highest BCUT2D eigenvalue weighted by Gasteiger charge is 2.63. The highest BCUT2D eigenvalue weighted by molar-refractivity contribution is 6.33. The summed E-state index contributed by atoms with van der Waals surface area (Å²) in [5, 5.41) is 0.476. The van der Waals surface area contributed by atoms with Crippen LogP contribution in [0.25, 0.3) is 0 Å². The predicted molar refractivity (Wildman–Crippen MR) is 79.9 cm³/mol. The standard InChI is InChI=1S/C16H13ClN2O3/c1-18-13-10(17)7-9(14(18)20)11-12(13)16(22)19(15(11)21)8-5-3-2-4-6-8/h2-7,9,11-13H,1H3/t9-,11+,12+,13+/m1/s1. The molecular weight excluding hydrogens is 304 g/mol. The molecule has 0 N–H and O–H groups in total. The SMILES string of the molecule is CN1C(=O)[C@@H]2C=C(Cl)[C@H]1[C@H]1C(=O)N(c3ccccc3)C(=O)[C@H]12. The number of imide groups is 1. The number of likely N-dealkylation sites (N-methyl/N-ethyl adjacent to an activating group) is 1. The third kappa shape index (κ3) is 1.52. The van der Waals surface area contributed by atoms with Crippen LogP contribution in [0.1, 0.15) is 0 Å². The van der Waals surface area contributed by atoms with Gasteiger partial charge in [-0.3, -0.25) is 14.4 Å². The first-order valence-electron chi connectivity index (χ1n) is 7.09. The summed E-state index contributed by atoms with van der Waals surface area (Å²) in [5.41, 5.74) is 0.539. The molecule has 1 aromatic carbocycles. The van der Waals surface area contributed by atoms with Gasteiger partial charge in [0, 0.05) is 12.1 Å². The molecule has 5 nitrogen and oxygen atoms in total. The van der Waals surface area contributed by atoms with E-state index in [9.17, 15) is 14.4 Å². The fourth-order valence-corrected chi connectivity index (χ4v) is 4.24. The second-order valence-corrected chi connectivity index (χ2v) is 6.31. The van der Waals surface area contributed by atoms with Gasteiger partial charge in [0.15, 0.2) is 0 Å². The molecule has 5 rings (SSSR count). The van der Waals surface area contributed by atoms with Crippen LogP contribution >= 0.6 is 11.6 Å². The summed E-state index contributed by atoms with van der Waals surface area (Å²) in [6.45, 7) is 0. The summed E-state index contributed by atoms with van der Waals surface area (Å²) in [6.07, 6.45) is 1.63. The first kappa shape index (κ1) is 13.5. The number of benzene rings is 1. The molecule has 0 spiro atoms. The number of hydrogen-bond donors (Lipinski definition) is 0. The van der Waals surface area contributed by atoms with Crippen LogP contribution in [0.15, 0.2) is 41.4 Å². The maximum absolute atomic E-state index is 12.8. The summed E-state index contributed by atoms with van der Waals surface area (Å²) >= 11 is 6.23. The minimum absolute atomic E-state index is 0.147. The summed E-state index contributed by atoms with van der Waals surface area (Å²) in [5.74, 6) is -2.59. The molecule has 22 heavy (non-hydrogen) atoms. The van der Waals surface area contributed by atoms with Crippen molar-refractivity contribution in [2.24, 2.45) is 17.8 Å². The van der Waals surface area contributed by atoms with Crippen LogP contribution in [0, 0.1) is 17.8 Å². The minimum Gasteiger partial charge on any atom is -0.336 e. The van der Waals surface area contributed by atoms with E-state index in [1.807, 2.05) is 6.07 Å². The molecule has 3 aliphatic heterocycles. The lowest BCUT2D eigenvalue weighted by molar-refractivity contribution is -0.148. The van der Waals surface area contributed by atoms with Crippen LogP contribution in [0.5, 0.6) is 0 Å². The molecule has 2 saturated heterocycles. The van der Waals surface area contributed by atoms with E-state index in [1.54, 1.807) is 37.4 Å². The van der Waals surface area contributed by atoms with Crippen molar-refractivity contribution in [3.63, 3.8) is 0 Å². The second-order valence-electron chi connectivity index (χ2n) is 5.87. The van der Waals surface area contributed by atoms with Gasteiger partial charge in [-0.25, -0.2) is 4.90 Å².